The van der Waals surface area contributed by atoms with Gasteiger partial charge in [0, 0.05) is 6.42 Å². The van der Waals surface area contributed by atoms with E-state index in [0.29, 0.717) is 6.42 Å². The van der Waals surface area contributed by atoms with E-state index in [9.17, 15) is 23.2 Å². The highest BCUT2D eigenvalue weighted by Crippen LogP contribution is 2.25. The molecule has 0 spiro atoms. The van der Waals surface area contributed by atoms with Crippen LogP contribution in [0, 0.1) is 0 Å². The maximum absolute atomic E-state index is 12.3. The number of halogens is 2. The minimum atomic E-state index is -3.04. The van der Waals surface area contributed by atoms with E-state index in [1.165, 1.54) is 31.2 Å². The van der Waals surface area contributed by atoms with E-state index in [1.54, 1.807) is 0 Å². The zero-order chi connectivity index (χ0) is 17.7. The van der Waals surface area contributed by atoms with E-state index >= 15 is 0 Å². The first-order chi connectivity index (χ1) is 11.4. The lowest BCUT2D eigenvalue weighted by Gasteiger charge is -2.17. The summed E-state index contributed by atoms with van der Waals surface area (Å²) >= 11 is 0. The van der Waals surface area contributed by atoms with Crippen LogP contribution in [0.15, 0.2) is 24.3 Å². The highest BCUT2D eigenvalue weighted by atomic mass is 19.3. The van der Waals surface area contributed by atoms with Crippen LogP contribution in [0.2, 0.25) is 0 Å². The molecule has 1 heterocycles. The maximum Gasteiger partial charge on any atom is 0.387 e. The van der Waals surface area contributed by atoms with E-state index in [0.717, 1.165) is 0 Å². The van der Waals surface area contributed by atoms with E-state index in [-0.39, 0.29) is 23.8 Å². The van der Waals surface area contributed by atoms with Gasteiger partial charge in [-0.2, -0.15) is 8.78 Å². The molecular weight excluding hydrogens is 326 g/mol. The first kappa shape index (κ1) is 17.6. The number of rotatable bonds is 6. The number of carbonyl (C=O) groups excluding carboxylic acids is 3. The van der Waals surface area contributed by atoms with Crippen molar-refractivity contribution in [3.05, 3.63) is 24.3 Å². The first-order valence-corrected chi connectivity index (χ1v) is 7.21. The summed E-state index contributed by atoms with van der Waals surface area (Å²) < 4.78 is 33.9. The van der Waals surface area contributed by atoms with Crippen LogP contribution in [0.5, 0.6) is 5.75 Å². The fraction of sp³-hybridized carbons (Fsp3) is 0.400. The van der Waals surface area contributed by atoms with Gasteiger partial charge in [-0.05, 0) is 25.5 Å². The number of hydrogen-bond acceptors (Lipinski definition) is 5. The number of ether oxygens (including phenoxy) is 2. The van der Waals surface area contributed by atoms with Crippen LogP contribution in [0.4, 0.5) is 14.5 Å². The predicted molar refractivity (Wildman–Crippen MR) is 78.4 cm³/mol. The van der Waals surface area contributed by atoms with Gasteiger partial charge in [-0.3, -0.25) is 9.59 Å². The molecule has 0 bridgehead atoms. The van der Waals surface area contributed by atoms with Gasteiger partial charge in [0.1, 0.15) is 11.8 Å². The largest absolute Gasteiger partial charge is 0.451 e. The van der Waals surface area contributed by atoms with Crippen molar-refractivity contribution in [2.45, 2.75) is 38.5 Å². The fourth-order valence-corrected chi connectivity index (χ4v) is 2.10. The number of alkyl halides is 2. The lowest BCUT2D eigenvalue weighted by molar-refractivity contribution is -0.155. The van der Waals surface area contributed by atoms with Crippen molar-refractivity contribution in [1.29, 1.82) is 0 Å². The summed E-state index contributed by atoms with van der Waals surface area (Å²) in [5, 5.41) is 4.79. The molecule has 1 aromatic carbocycles. The van der Waals surface area contributed by atoms with Crippen LogP contribution in [0.1, 0.15) is 19.8 Å². The first-order valence-electron chi connectivity index (χ1n) is 7.21. The number of nitrogens with one attached hydrogen (secondary N) is 2. The molecular formula is C15H16F2N2O5. The zero-order valence-electron chi connectivity index (χ0n) is 12.8. The van der Waals surface area contributed by atoms with Crippen LogP contribution in [-0.4, -0.2) is 36.5 Å². The Morgan fingerprint density at radius 1 is 1.33 bits per heavy atom. The van der Waals surface area contributed by atoms with Gasteiger partial charge < -0.3 is 20.1 Å². The maximum atomic E-state index is 12.3. The quantitative estimate of drug-likeness (QED) is 0.763. The third kappa shape index (κ3) is 4.64. The van der Waals surface area contributed by atoms with Crippen molar-refractivity contribution in [2.75, 3.05) is 5.32 Å². The molecule has 0 aliphatic carbocycles. The Hall–Kier alpha value is -2.71. The molecule has 0 radical (unpaired) electrons. The zero-order valence-corrected chi connectivity index (χ0v) is 12.8. The SMILES string of the molecule is C[C@@H](OC(=O)[C@@H]1CCC(=O)N1)C(=O)Nc1ccccc1OC(F)F. The Morgan fingerprint density at radius 2 is 2.04 bits per heavy atom. The van der Waals surface area contributed by atoms with Gasteiger partial charge in [0.05, 0.1) is 5.69 Å². The van der Waals surface area contributed by atoms with E-state index in [4.69, 9.17) is 4.74 Å². The van der Waals surface area contributed by atoms with Crippen LogP contribution in [0.25, 0.3) is 0 Å². The molecule has 1 aliphatic heterocycles. The standard InChI is InChI=1S/C15H16F2N2O5/c1-8(23-14(22)10-6-7-12(20)18-10)13(21)19-9-4-2-3-5-11(9)24-15(16)17/h2-5,8,10,15H,6-7H2,1H3,(H,18,20)(H,19,21)/t8-,10+/m1/s1. The molecule has 0 unspecified atom stereocenters. The lowest BCUT2D eigenvalue weighted by atomic mass is 10.2. The molecule has 2 amide bonds. The Labute approximate surface area is 136 Å². The fourth-order valence-electron chi connectivity index (χ4n) is 2.10. The minimum absolute atomic E-state index is 0.0277. The molecule has 7 nitrogen and oxygen atoms in total. The minimum Gasteiger partial charge on any atom is -0.451 e. The van der Waals surface area contributed by atoms with E-state index < -0.39 is 30.6 Å². The van der Waals surface area contributed by atoms with Gasteiger partial charge in [0.15, 0.2) is 6.10 Å². The average Bonchev–Trinajstić information content (AvgIpc) is 2.95. The molecule has 2 N–H and O–H groups in total. The van der Waals surface area contributed by atoms with Crippen molar-refractivity contribution in [2.24, 2.45) is 0 Å². The monoisotopic (exact) mass is 342 g/mol. The summed E-state index contributed by atoms with van der Waals surface area (Å²) in [5.74, 6) is -1.90. The normalized spacial score (nSPS) is 18.0. The molecule has 2 rings (SSSR count). The molecule has 130 valence electrons. The van der Waals surface area contributed by atoms with Crippen molar-refractivity contribution in [1.82, 2.24) is 5.32 Å². The highest BCUT2D eigenvalue weighted by Gasteiger charge is 2.31. The van der Waals surface area contributed by atoms with Gasteiger partial charge in [0.2, 0.25) is 5.91 Å². The summed E-state index contributed by atoms with van der Waals surface area (Å²) in [4.78, 5) is 34.9. The van der Waals surface area contributed by atoms with Crippen LogP contribution in [0.3, 0.4) is 0 Å². The second-order valence-corrected chi connectivity index (χ2v) is 5.10. The molecule has 1 fully saturated rings. The summed E-state index contributed by atoms with van der Waals surface area (Å²) in [5.41, 5.74) is 0.0277. The molecule has 0 aromatic heterocycles. The summed E-state index contributed by atoms with van der Waals surface area (Å²) in [6.07, 6.45) is -0.648. The molecule has 1 aliphatic rings. The van der Waals surface area contributed by atoms with Crippen molar-refractivity contribution in [3.8, 4) is 5.75 Å². The number of para-hydroxylation sites is 2. The van der Waals surface area contributed by atoms with Crippen LogP contribution >= 0.6 is 0 Å². The third-order valence-electron chi connectivity index (χ3n) is 3.30. The Bertz CT molecular complexity index is 638. The smallest absolute Gasteiger partial charge is 0.387 e. The number of benzene rings is 1. The van der Waals surface area contributed by atoms with Gasteiger partial charge in [0.25, 0.3) is 5.91 Å². The number of hydrogen-bond donors (Lipinski definition) is 2. The second-order valence-electron chi connectivity index (χ2n) is 5.10. The number of anilines is 1. The highest BCUT2D eigenvalue weighted by molar-refractivity contribution is 5.97. The van der Waals surface area contributed by atoms with Crippen molar-refractivity contribution < 1.29 is 32.6 Å². The van der Waals surface area contributed by atoms with E-state index in [1.807, 2.05) is 0 Å². The topological polar surface area (TPSA) is 93.7 Å². The van der Waals surface area contributed by atoms with Crippen molar-refractivity contribution in [3.63, 3.8) is 0 Å². The Morgan fingerprint density at radius 3 is 2.67 bits per heavy atom. The number of amides is 2. The number of esters is 1. The predicted octanol–water partition coefficient (Wildman–Crippen LogP) is 1.44. The van der Waals surface area contributed by atoms with Gasteiger partial charge in [-0.15, -0.1) is 0 Å². The van der Waals surface area contributed by atoms with Crippen molar-refractivity contribution >= 4 is 23.5 Å². The summed E-state index contributed by atoms with van der Waals surface area (Å²) in [7, 11) is 0. The molecule has 1 aromatic rings. The molecule has 0 saturated carbocycles. The second kappa shape index (κ2) is 7.71. The molecule has 1 saturated heterocycles. The third-order valence-corrected chi connectivity index (χ3v) is 3.30. The van der Waals surface area contributed by atoms with Crippen LogP contribution in [-0.2, 0) is 19.1 Å². The molecule has 2 atom stereocenters. The Balaban J connectivity index is 1.94. The Kier molecular flexibility index (Phi) is 5.67. The van der Waals surface area contributed by atoms with Crippen LogP contribution < -0.4 is 15.4 Å². The van der Waals surface area contributed by atoms with Gasteiger partial charge in [-0.1, -0.05) is 12.1 Å². The van der Waals surface area contributed by atoms with E-state index in [2.05, 4.69) is 15.4 Å². The average molecular weight is 342 g/mol. The summed E-state index contributed by atoms with van der Waals surface area (Å²) in [6, 6.07) is 4.87. The molecule has 24 heavy (non-hydrogen) atoms. The lowest BCUT2D eigenvalue weighted by Crippen LogP contribution is -2.39. The number of carbonyl (C=O) groups is 3. The van der Waals surface area contributed by atoms with Gasteiger partial charge >= 0.3 is 12.6 Å². The molecule has 9 heteroatoms. The van der Waals surface area contributed by atoms with Gasteiger partial charge in [-0.25, -0.2) is 4.79 Å². The summed E-state index contributed by atoms with van der Waals surface area (Å²) in [6.45, 7) is -1.70.